The molecule has 0 amide bonds. The number of phenols is 1. The molecule has 112 valence electrons. The molecule has 3 atom stereocenters. The van der Waals surface area contributed by atoms with Crippen LogP contribution in [0.4, 0.5) is 5.69 Å². The lowest BCUT2D eigenvalue weighted by molar-refractivity contribution is 0.415. The van der Waals surface area contributed by atoms with Gasteiger partial charge in [-0.1, -0.05) is 47.5 Å². The second kappa shape index (κ2) is 5.22. The average molecular weight is 332 g/mol. The number of halogens is 2. The molecular weight excluding hydrogens is 317 g/mol. The van der Waals surface area contributed by atoms with Gasteiger partial charge in [-0.2, -0.15) is 0 Å². The Morgan fingerprint density at radius 3 is 2.59 bits per heavy atom. The van der Waals surface area contributed by atoms with Gasteiger partial charge in [0.15, 0.2) is 0 Å². The quantitative estimate of drug-likeness (QED) is 0.532. The average Bonchev–Trinajstić information content (AvgIpc) is 3.00. The first-order valence-electron chi connectivity index (χ1n) is 7.35. The van der Waals surface area contributed by atoms with Crippen LogP contribution in [0.25, 0.3) is 0 Å². The van der Waals surface area contributed by atoms with Gasteiger partial charge in [0.25, 0.3) is 0 Å². The minimum absolute atomic E-state index is 0.133. The second-order valence-corrected chi connectivity index (χ2v) is 6.73. The molecule has 4 rings (SSSR count). The molecule has 2 aromatic rings. The SMILES string of the molecule is Oc1ccc(Cl)c2c1N[C@@H](c1ccc(Cl)cc1)[C@H]1CC=C[C@H]21. The molecule has 2 nitrogen and oxygen atoms in total. The summed E-state index contributed by atoms with van der Waals surface area (Å²) < 4.78 is 0. The van der Waals surface area contributed by atoms with Gasteiger partial charge in [0, 0.05) is 21.5 Å². The monoisotopic (exact) mass is 331 g/mol. The number of hydrogen-bond acceptors (Lipinski definition) is 2. The highest BCUT2D eigenvalue weighted by Crippen LogP contribution is 2.54. The third kappa shape index (κ3) is 2.10. The molecule has 1 aliphatic heterocycles. The fourth-order valence-electron chi connectivity index (χ4n) is 3.65. The predicted molar refractivity (Wildman–Crippen MR) is 90.9 cm³/mol. The molecule has 0 unspecified atom stereocenters. The molecule has 1 aliphatic carbocycles. The topological polar surface area (TPSA) is 32.3 Å². The van der Waals surface area contributed by atoms with Crippen molar-refractivity contribution in [2.45, 2.75) is 18.4 Å². The maximum atomic E-state index is 10.2. The first kappa shape index (κ1) is 14.0. The van der Waals surface area contributed by atoms with Gasteiger partial charge in [0.05, 0.1) is 11.7 Å². The number of aromatic hydroxyl groups is 1. The third-order valence-electron chi connectivity index (χ3n) is 4.67. The Kier molecular flexibility index (Phi) is 3.32. The van der Waals surface area contributed by atoms with Crippen LogP contribution in [0.2, 0.25) is 10.0 Å². The largest absolute Gasteiger partial charge is 0.506 e. The van der Waals surface area contributed by atoms with Crippen LogP contribution in [0.3, 0.4) is 0 Å². The van der Waals surface area contributed by atoms with Crippen molar-refractivity contribution >= 4 is 28.9 Å². The zero-order valence-electron chi connectivity index (χ0n) is 11.8. The van der Waals surface area contributed by atoms with Crippen LogP contribution in [0, 0.1) is 5.92 Å². The Balaban J connectivity index is 1.84. The van der Waals surface area contributed by atoms with Crippen molar-refractivity contribution in [3.8, 4) is 5.75 Å². The molecule has 0 saturated carbocycles. The standard InChI is InChI=1S/C18H15Cl2NO/c19-11-6-4-10(5-7-11)17-13-3-1-2-12(13)16-14(20)8-9-15(22)18(16)21-17/h1-2,4-9,12-13,17,21-22H,3H2/t12-,13-,17-/m0/s1. The summed E-state index contributed by atoms with van der Waals surface area (Å²) >= 11 is 12.4. The number of anilines is 1. The van der Waals surface area contributed by atoms with Gasteiger partial charge in [-0.15, -0.1) is 0 Å². The Bertz CT molecular complexity index is 754. The smallest absolute Gasteiger partial charge is 0.139 e. The Hall–Kier alpha value is -1.64. The van der Waals surface area contributed by atoms with Crippen molar-refractivity contribution in [2.75, 3.05) is 5.32 Å². The molecule has 0 saturated heterocycles. The minimum Gasteiger partial charge on any atom is -0.506 e. The van der Waals surface area contributed by atoms with E-state index in [1.807, 2.05) is 24.3 Å². The molecule has 0 spiro atoms. The van der Waals surface area contributed by atoms with Crippen molar-refractivity contribution < 1.29 is 5.11 Å². The van der Waals surface area contributed by atoms with E-state index in [0.717, 1.165) is 22.7 Å². The number of nitrogens with one attached hydrogen (secondary N) is 1. The summed E-state index contributed by atoms with van der Waals surface area (Å²) in [5, 5.41) is 15.2. The number of allylic oxidation sites excluding steroid dienone is 2. The fraction of sp³-hybridized carbons (Fsp3) is 0.222. The summed E-state index contributed by atoms with van der Waals surface area (Å²) in [4.78, 5) is 0. The van der Waals surface area contributed by atoms with Crippen LogP contribution in [-0.4, -0.2) is 5.11 Å². The van der Waals surface area contributed by atoms with Crippen molar-refractivity contribution in [2.24, 2.45) is 5.92 Å². The van der Waals surface area contributed by atoms with Gasteiger partial charge < -0.3 is 10.4 Å². The highest BCUT2D eigenvalue weighted by Gasteiger charge is 2.40. The predicted octanol–water partition coefficient (Wildman–Crippen LogP) is 5.53. The van der Waals surface area contributed by atoms with E-state index in [0.29, 0.717) is 10.9 Å². The number of fused-ring (bicyclic) bond motifs is 3. The number of phenolic OH excluding ortho intramolecular Hbond substituents is 1. The van der Waals surface area contributed by atoms with E-state index in [1.54, 1.807) is 12.1 Å². The van der Waals surface area contributed by atoms with E-state index in [1.165, 1.54) is 5.56 Å². The molecule has 22 heavy (non-hydrogen) atoms. The zero-order valence-corrected chi connectivity index (χ0v) is 13.3. The highest BCUT2D eigenvalue weighted by atomic mass is 35.5. The van der Waals surface area contributed by atoms with Gasteiger partial charge in [-0.05, 0) is 42.2 Å². The van der Waals surface area contributed by atoms with Crippen molar-refractivity contribution in [1.82, 2.24) is 0 Å². The molecule has 2 aliphatic rings. The lowest BCUT2D eigenvalue weighted by atomic mass is 9.77. The van der Waals surface area contributed by atoms with Crippen molar-refractivity contribution in [3.63, 3.8) is 0 Å². The van der Waals surface area contributed by atoms with E-state index in [2.05, 4.69) is 17.5 Å². The molecule has 2 aromatic carbocycles. The fourth-order valence-corrected chi connectivity index (χ4v) is 4.06. The summed E-state index contributed by atoms with van der Waals surface area (Å²) in [5.41, 5.74) is 2.93. The highest BCUT2D eigenvalue weighted by molar-refractivity contribution is 6.32. The molecule has 1 heterocycles. The Morgan fingerprint density at radius 1 is 1.05 bits per heavy atom. The molecule has 0 aromatic heterocycles. The minimum atomic E-state index is 0.133. The van der Waals surface area contributed by atoms with Crippen LogP contribution in [0.15, 0.2) is 48.6 Å². The maximum Gasteiger partial charge on any atom is 0.139 e. The van der Waals surface area contributed by atoms with E-state index in [4.69, 9.17) is 23.2 Å². The normalized spacial score (nSPS) is 25.5. The van der Waals surface area contributed by atoms with Gasteiger partial charge in [0.2, 0.25) is 0 Å². The van der Waals surface area contributed by atoms with Gasteiger partial charge in [-0.25, -0.2) is 0 Å². The molecule has 2 N–H and O–H groups in total. The molecule has 4 heteroatoms. The molecule has 0 fully saturated rings. The van der Waals surface area contributed by atoms with Gasteiger partial charge >= 0.3 is 0 Å². The summed E-state index contributed by atoms with van der Waals surface area (Å²) in [6.45, 7) is 0. The van der Waals surface area contributed by atoms with E-state index < -0.39 is 0 Å². The lowest BCUT2D eigenvalue weighted by Gasteiger charge is -2.38. The van der Waals surface area contributed by atoms with Crippen LogP contribution < -0.4 is 5.32 Å². The van der Waals surface area contributed by atoms with Crippen LogP contribution >= 0.6 is 23.2 Å². The van der Waals surface area contributed by atoms with Crippen molar-refractivity contribution in [3.05, 3.63) is 69.7 Å². The third-order valence-corrected chi connectivity index (χ3v) is 5.26. The summed E-state index contributed by atoms with van der Waals surface area (Å²) in [7, 11) is 0. The summed E-state index contributed by atoms with van der Waals surface area (Å²) in [6.07, 6.45) is 5.41. The summed E-state index contributed by atoms with van der Waals surface area (Å²) in [5.74, 6) is 0.876. The van der Waals surface area contributed by atoms with Crippen LogP contribution in [0.5, 0.6) is 5.75 Å². The Morgan fingerprint density at radius 2 is 1.82 bits per heavy atom. The Labute approximate surface area is 139 Å². The number of rotatable bonds is 1. The zero-order chi connectivity index (χ0) is 15.3. The van der Waals surface area contributed by atoms with Gasteiger partial charge in [0.1, 0.15) is 5.75 Å². The molecular formula is C18H15Cl2NO. The van der Waals surface area contributed by atoms with Crippen LogP contribution in [0.1, 0.15) is 29.5 Å². The first-order chi connectivity index (χ1) is 10.6. The van der Waals surface area contributed by atoms with Crippen LogP contribution in [-0.2, 0) is 0 Å². The molecule has 0 radical (unpaired) electrons. The first-order valence-corrected chi connectivity index (χ1v) is 8.11. The van der Waals surface area contributed by atoms with Crippen molar-refractivity contribution in [1.29, 1.82) is 0 Å². The summed E-state index contributed by atoms with van der Waals surface area (Å²) in [6, 6.07) is 11.4. The van der Waals surface area contributed by atoms with E-state index >= 15 is 0 Å². The lowest BCUT2D eigenvalue weighted by Crippen LogP contribution is -2.29. The second-order valence-electron chi connectivity index (χ2n) is 5.88. The molecule has 0 bridgehead atoms. The number of hydrogen-bond donors (Lipinski definition) is 2. The van der Waals surface area contributed by atoms with Gasteiger partial charge in [-0.3, -0.25) is 0 Å². The van der Waals surface area contributed by atoms with E-state index in [9.17, 15) is 5.11 Å². The number of benzene rings is 2. The maximum absolute atomic E-state index is 10.2. The van der Waals surface area contributed by atoms with E-state index in [-0.39, 0.29) is 17.7 Å².